The molecule has 0 radical (unpaired) electrons. The molecule has 0 aliphatic carbocycles. The van der Waals surface area contributed by atoms with Gasteiger partial charge in [-0.25, -0.2) is 0 Å². The van der Waals surface area contributed by atoms with Crippen molar-refractivity contribution in [3.8, 4) is 0 Å². The van der Waals surface area contributed by atoms with Gasteiger partial charge in [0, 0.05) is 44.7 Å². The molecule has 0 atom stereocenters. The number of hydrogen-bond donors (Lipinski definition) is 0. The Labute approximate surface area is 149 Å². The molecule has 2 aliphatic heterocycles. The van der Waals surface area contributed by atoms with Gasteiger partial charge in [-0.3, -0.25) is 9.69 Å². The first kappa shape index (κ1) is 19.7. The first-order chi connectivity index (χ1) is 11.0. The molecule has 0 aromatic carbocycles. The van der Waals surface area contributed by atoms with Gasteiger partial charge in [0.05, 0.1) is 0 Å². The highest BCUT2D eigenvalue weighted by Gasteiger charge is 2.30. The molecule has 0 saturated carbocycles. The fourth-order valence-corrected chi connectivity index (χ4v) is 4.02. The zero-order valence-electron chi connectivity index (χ0n) is 16.9. The normalized spacial score (nSPS) is 22.8. The number of hydrogen-bond acceptors (Lipinski definition) is 3. The molecule has 2 aliphatic rings. The zero-order valence-corrected chi connectivity index (χ0v) is 16.9. The van der Waals surface area contributed by atoms with Crippen LogP contribution in [0.3, 0.4) is 0 Å². The van der Waals surface area contributed by atoms with E-state index in [-0.39, 0.29) is 5.54 Å². The van der Waals surface area contributed by atoms with Crippen molar-refractivity contribution in [1.82, 2.24) is 14.7 Å². The molecule has 2 rings (SSSR count). The Balaban J connectivity index is 1.71. The summed E-state index contributed by atoms with van der Waals surface area (Å²) in [6, 6.07) is 0. The van der Waals surface area contributed by atoms with Crippen molar-refractivity contribution in [3.05, 3.63) is 0 Å². The van der Waals surface area contributed by atoms with E-state index >= 15 is 0 Å². The molecule has 24 heavy (non-hydrogen) atoms. The Morgan fingerprint density at radius 2 is 1.42 bits per heavy atom. The van der Waals surface area contributed by atoms with Crippen LogP contribution >= 0.6 is 0 Å². The number of nitrogens with zero attached hydrogens (tertiary/aromatic N) is 3. The van der Waals surface area contributed by atoms with Gasteiger partial charge in [0.25, 0.3) is 0 Å². The van der Waals surface area contributed by atoms with Crippen LogP contribution in [0.2, 0.25) is 0 Å². The molecule has 0 spiro atoms. The molecule has 2 saturated heterocycles. The molecule has 4 nitrogen and oxygen atoms in total. The number of piperidine rings is 1. The molecule has 0 aromatic heterocycles. The van der Waals surface area contributed by atoms with Gasteiger partial charge in [0.15, 0.2) is 0 Å². The lowest BCUT2D eigenvalue weighted by atomic mass is 9.90. The lowest BCUT2D eigenvalue weighted by Gasteiger charge is -2.42. The van der Waals surface area contributed by atoms with Crippen LogP contribution in [-0.2, 0) is 4.79 Å². The number of amides is 1. The lowest BCUT2D eigenvalue weighted by molar-refractivity contribution is -0.135. The number of likely N-dealkylation sites (tertiary alicyclic amines) is 1. The third kappa shape index (κ3) is 6.03. The summed E-state index contributed by atoms with van der Waals surface area (Å²) < 4.78 is 0. The standard InChI is InChI=1S/C20H39N3O/c1-19(2,3)16-21-9-7-17(8-10-21)15-18(24)22-11-13-23(14-12-22)20(4,5)6/h17H,7-16H2,1-6H3. The summed E-state index contributed by atoms with van der Waals surface area (Å²) in [6.45, 7) is 21.0. The van der Waals surface area contributed by atoms with Crippen molar-refractivity contribution < 1.29 is 4.79 Å². The van der Waals surface area contributed by atoms with Gasteiger partial charge >= 0.3 is 0 Å². The van der Waals surface area contributed by atoms with Gasteiger partial charge in [0.1, 0.15) is 0 Å². The van der Waals surface area contributed by atoms with E-state index in [0.29, 0.717) is 17.2 Å². The van der Waals surface area contributed by atoms with E-state index in [1.807, 2.05) is 0 Å². The second kappa shape index (κ2) is 7.74. The van der Waals surface area contributed by atoms with E-state index in [0.717, 1.165) is 45.7 Å². The van der Waals surface area contributed by atoms with Crippen LogP contribution in [0.25, 0.3) is 0 Å². The van der Waals surface area contributed by atoms with E-state index in [9.17, 15) is 4.79 Å². The molecule has 0 unspecified atom stereocenters. The molecule has 2 fully saturated rings. The highest BCUT2D eigenvalue weighted by Crippen LogP contribution is 2.25. The Hall–Kier alpha value is -0.610. The quantitative estimate of drug-likeness (QED) is 0.792. The van der Waals surface area contributed by atoms with Crippen molar-refractivity contribution in [2.24, 2.45) is 11.3 Å². The van der Waals surface area contributed by atoms with Crippen LogP contribution < -0.4 is 0 Å². The van der Waals surface area contributed by atoms with Gasteiger partial charge in [-0.15, -0.1) is 0 Å². The molecule has 1 amide bonds. The minimum Gasteiger partial charge on any atom is -0.340 e. The molecule has 4 heteroatoms. The Bertz CT molecular complexity index is 406. The highest BCUT2D eigenvalue weighted by molar-refractivity contribution is 5.76. The monoisotopic (exact) mass is 337 g/mol. The van der Waals surface area contributed by atoms with Crippen LogP contribution in [0.5, 0.6) is 0 Å². The Morgan fingerprint density at radius 3 is 1.88 bits per heavy atom. The third-order valence-corrected chi connectivity index (χ3v) is 5.45. The fraction of sp³-hybridized carbons (Fsp3) is 0.950. The van der Waals surface area contributed by atoms with Gasteiger partial charge < -0.3 is 9.80 Å². The molecular formula is C20H39N3O. The first-order valence-electron chi connectivity index (χ1n) is 9.80. The molecule has 140 valence electrons. The third-order valence-electron chi connectivity index (χ3n) is 5.45. The zero-order chi connectivity index (χ0) is 18.0. The van der Waals surface area contributed by atoms with E-state index < -0.39 is 0 Å². The molecule has 0 bridgehead atoms. The second-order valence-electron chi connectivity index (χ2n) is 10.0. The first-order valence-corrected chi connectivity index (χ1v) is 9.80. The summed E-state index contributed by atoms with van der Waals surface area (Å²) in [4.78, 5) is 19.8. The van der Waals surface area contributed by atoms with Crippen LogP contribution in [0.15, 0.2) is 0 Å². The summed E-state index contributed by atoms with van der Waals surface area (Å²) in [5, 5.41) is 0. The summed E-state index contributed by atoms with van der Waals surface area (Å²) in [7, 11) is 0. The Kier molecular flexibility index (Phi) is 6.35. The average molecular weight is 338 g/mol. The van der Waals surface area contributed by atoms with Crippen LogP contribution in [0, 0.1) is 11.3 Å². The second-order valence-corrected chi connectivity index (χ2v) is 10.0. The molecule has 0 N–H and O–H groups in total. The summed E-state index contributed by atoms with van der Waals surface area (Å²) >= 11 is 0. The topological polar surface area (TPSA) is 26.8 Å². The summed E-state index contributed by atoms with van der Waals surface area (Å²) in [5.74, 6) is 0.979. The number of carbonyl (C=O) groups excluding carboxylic acids is 1. The molecule has 2 heterocycles. The van der Waals surface area contributed by atoms with Crippen molar-refractivity contribution in [3.63, 3.8) is 0 Å². The smallest absolute Gasteiger partial charge is 0.222 e. The maximum absolute atomic E-state index is 12.6. The van der Waals surface area contributed by atoms with Gasteiger partial charge in [-0.2, -0.15) is 0 Å². The van der Waals surface area contributed by atoms with Gasteiger partial charge in [0.2, 0.25) is 5.91 Å². The predicted molar refractivity (Wildman–Crippen MR) is 101 cm³/mol. The van der Waals surface area contributed by atoms with E-state index in [2.05, 4.69) is 56.2 Å². The summed E-state index contributed by atoms with van der Waals surface area (Å²) in [5.41, 5.74) is 0.588. The number of piperazine rings is 1. The maximum atomic E-state index is 12.6. The van der Waals surface area contributed by atoms with Crippen molar-refractivity contribution in [2.45, 2.75) is 66.3 Å². The molecular weight excluding hydrogens is 298 g/mol. The summed E-state index contributed by atoms with van der Waals surface area (Å²) in [6.07, 6.45) is 3.13. The van der Waals surface area contributed by atoms with Crippen LogP contribution in [0.4, 0.5) is 0 Å². The van der Waals surface area contributed by atoms with Gasteiger partial charge in [-0.1, -0.05) is 20.8 Å². The SMILES string of the molecule is CC(C)(C)CN1CCC(CC(=O)N2CCN(C(C)(C)C)CC2)CC1. The highest BCUT2D eigenvalue weighted by atomic mass is 16.2. The van der Waals surface area contributed by atoms with Gasteiger partial charge in [-0.05, 0) is 58.0 Å². The van der Waals surface area contributed by atoms with Crippen LogP contribution in [-0.4, -0.2) is 72.0 Å². The Morgan fingerprint density at radius 1 is 0.875 bits per heavy atom. The number of rotatable bonds is 3. The fourth-order valence-electron chi connectivity index (χ4n) is 4.02. The van der Waals surface area contributed by atoms with Crippen LogP contribution in [0.1, 0.15) is 60.8 Å². The van der Waals surface area contributed by atoms with E-state index in [1.54, 1.807) is 0 Å². The minimum atomic E-state index is 0.217. The van der Waals surface area contributed by atoms with Crippen molar-refractivity contribution in [1.29, 1.82) is 0 Å². The predicted octanol–water partition coefficient (Wildman–Crippen LogP) is 3.08. The van der Waals surface area contributed by atoms with E-state index in [4.69, 9.17) is 0 Å². The maximum Gasteiger partial charge on any atom is 0.222 e. The van der Waals surface area contributed by atoms with Crippen molar-refractivity contribution in [2.75, 3.05) is 45.8 Å². The molecule has 0 aromatic rings. The van der Waals surface area contributed by atoms with E-state index in [1.165, 1.54) is 19.4 Å². The van der Waals surface area contributed by atoms with Crippen molar-refractivity contribution >= 4 is 5.91 Å². The largest absolute Gasteiger partial charge is 0.340 e. The minimum absolute atomic E-state index is 0.217. The lowest BCUT2D eigenvalue weighted by Crippen LogP contribution is -2.54. The number of carbonyl (C=O) groups is 1. The average Bonchev–Trinajstić information content (AvgIpc) is 2.47.